The van der Waals surface area contributed by atoms with Gasteiger partial charge in [0.15, 0.2) is 0 Å². The van der Waals surface area contributed by atoms with E-state index in [0.717, 1.165) is 30.6 Å². The number of ether oxygens (including phenoxy) is 1. The maximum absolute atomic E-state index is 5.65. The van der Waals surface area contributed by atoms with Crippen LogP contribution in [0.3, 0.4) is 0 Å². The van der Waals surface area contributed by atoms with Crippen LogP contribution in [-0.2, 0) is 17.9 Å². The number of hydrogen-bond donors (Lipinski definition) is 1. The molecule has 0 atom stereocenters. The van der Waals surface area contributed by atoms with Crippen LogP contribution in [0.5, 0.6) is 0 Å². The van der Waals surface area contributed by atoms with E-state index < -0.39 is 0 Å². The lowest BCUT2D eigenvalue weighted by molar-refractivity contribution is 0.120. The van der Waals surface area contributed by atoms with Crippen LogP contribution in [0, 0.1) is 0 Å². The van der Waals surface area contributed by atoms with Gasteiger partial charge in [0.25, 0.3) is 0 Å². The van der Waals surface area contributed by atoms with Crippen molar-refractivity contribution in [1.82, 2.24) is 5.32 Å². The molecule has 0 unspecified atom stereocenters. The quantitative estimate of drug-likeness (QED) is 0.727. The summed E-state index contributed by atoms with van der Waals surface area (Å²) in [6.07, 6.45) is 1.04. The van der Waals surface area contributed by atoms with Crippen LogP contribution in [0.4, 0.5) is 0 Å². The number of thiophene rings is 1. The average molecular weight is 340 g/mol. The molecular formula is C15H18BrNOS. The van der Waals surface area contributed by atoms with Crippen molar-refractivity contribution in [3.63, 3.8) is 0 Å². The Bertz CT molecular complexity index is 472. The van der Waals surface area contributed by atoms with E-state index in [1.165, 1.54) is 10.4 Å². The summed E-state index contributed by atoms with van der Waals surface area (Å²) in [4.78, 5) is 1.26. The smallest absolute Gasteiger partial charge is 0.0820 e. The largest absolute Gasteiger partial charge is 0.376 e. The Morgan fingerprint density at radius 2 is 2.00 bits per heavy atom. The zero-order valence-electron chi connectivity index (χ0n) is 10.8. The molecule has 2 nitrogen and oxygen atoms in total. The lowest BCUT2D eigenvalue weighted by Crippen LogP contribution is -2.16. The average Bonchev–Trinajstić information content (AvgIpc) is 2.84. The third-order valence-corrected chi connectivity index (χ3v) is 4.64. The third-order valence-electron chi connectivity index (χ3n) is 2.74. The predicted octanol–water partition coefficient (Wildman–Crippen LogP) is 4.21. The normalized spacial score (nSPS) is 10.8. The highest BCUT2D eigenvalue weighted by atomic mass is 79.9. The molecule has 0 aliphatic rings. The molecule has 0 radical (unpaired) electrons. The van der Waals surface area contributed by atoms with E-state index in [9.17, 15) is 0 Å². The lowest BCUT2D eigenvalue weighted by atomic mass is 10.2. The van der Waals surface area contributed by atoms with Gasteiger partial charge in [0, 0.05) is 22.5 Å². The van der Waals surface area contributed by atoms with Gasteiger partial charge in [0.2, 0.25) is 0 Å². The van der Waals surface area contributed by atoms with Gasteiger partial charge in [-0.3, -0.25) is 0 Å². The lowest BCUT2D eigenvalue weighted by Gasteiger charge is -2.06. The second-order valence-corrected chi connectivity index (χ2v) is 6.12. The van der Waals surface area contributed by atoms with Crippen molar-refractivity contribution in [3.05, 3.63) is 56.7 Å². The third kappa shape index (κ3) is 5.45. The molecule has 19 heavy (non-hydrogen) atoms. The van der Waals surface area contributed by atoms with Crippen LogP contribution >= 0.6 is 27.3 Å². The zero-order chi connectivity index (χ0) is 13.3. The van der Waals surface area contributed by atoms with E-state index >= 15 is 0 Å². The molecule has 102 valence electrons. The maximum Gasteiger partial charge on any atom is 0.0820 e. The minimum absolute atomic E-state index is 0.705. The fraction of sp³-hybridized carbons (Fsp3) is 0.333. The predicted molar refractivity (Wildman–Crippen MR) is 84.4 cm³/mol. The van der Waals surface area contributed by atoms with Crippen molar-refractivity contribution in [2.75, 3.05) is 13.2 Å². The fourth-order valence-electron chi connectivity index (χ4n) is 1.72. The first kappa shape index (κ1) is 14.7. The monoisotopic (exact) mass is 339 g/mol. The standard InChI is InChI=1S/C15H18BrNOS/c16-14-7-10-19-15(14)12-18-9-4-8-17-11-13-5-2-1-3-6-13/h1-3,5-7,10,17H,4,8-9,11-12H2. The van der Waals surface area contributed by atoms with Crippen molar-refractivity contribution in [2.24, 2.45) is 0 Å². The highest BCUT2D eigenvalue weighted by Crippen LogP contribution is 2.23. The van der Waals surface area contributed by atoms with Gasteiger partial charge in [-0.1, -0.05) is 30.3 Å². The number of hydrogen-bond acceptors (Lipinski definition) is 3. The van der Waals surface area contributed by atoms with Gasteiger partial charge in [0.05, 0.1) is 6.61 Å². The van der Waals surface area contributed by atoms with E-state index in [1.807, 2.05) is 6.07 Å². The molecule has 0 bridgehead atoms. The molecule has 1 aromatic heterocycles. The summed E-state index contributed by atoms with van der Waals surface area (Å²) in [5.74, 6) is 0. The van der Waals surface area contributed by atoms with Crippen molar-refractivity contribution in [3.8, 4) is 0 Å². The highest BCUT2D eigenvalue weighted by molar-refractivity contribution is 9.10. The van der Waals surface area contributed by atoms with E-state index in [1.54, 1.807) is 11.3 Å². The second-order valence-electron chi connectivity index (χ2n) is 4.26. The summed E-state index contributed by atoms with van der Waals surface area (Å²) < 4.78 is 6.80. The van der Waals surface area contributed by atoms with Crippen LogP contribution in [0.15, 0.2) is 46.3 Å². The molecule has 4 heteroatoms. The molecule has 0 spiro atoms. The van der Waals surface area contributed by atoms with E-state index in [4.69, 9.17) is 4.74 Å². The number of halogens is 1. The summed E-state index contributed by atoms with van der Waals surface area (Å²) in [6, 6.07) is 12.5. The van der Waals surface area contributed by atoms with Gasteiger partial charge in [-0.05, 0) is 45.9 Å². The Morgan fingerprint density at radius 3 is 2.74 bits per heavy atom. The van der Waals surface area contributed by atoms with Gasteiger partial charge < -0.3 is 10.1 Å². The Morgan fingerprint density at radius 1 is 1.16 bits per heavy atom. The summed E-state index contributed by atoms with van der Waals surface area (Å²) in [5.41, 5.74) is 1.32. The van der Waals surface area contributed by atoms with Crippen molar-refractivity contribution < 1.29 is 4.74 Å². The first-order valence-electron chi connectivity index (χ1n) is 6.40. The molecule has 0 fully saturated rings. The fourth-order valence-corrected chi connectivity index (χ4v) is 3.12. The van der Waals surface area contributed by atoms with E-state index in [0.29, 0.717) is 6.61 Å². The number of rotatable bonds is 8. The first-order valence-corrected chi connectivity index (χ1v) is 8.08. The Kier molecular flexibility index (Phi) is 6.57. The molecule has 0 aliphatic heterocycles. The van der Waals surface area contributed by atoms with Crippen molar-refractivity contribution in [1.29, 1.82) is 0 Å². The van der Waals surface area contributed by atoms with Crippen LogP contribution in [0.2, 0.25) is 0 Å². The van der Waals surface area contributed by atoms with Gasteiger partial charge >= 0.3 is 0 Å². The molecule has 1 heterocycles. The first-order chi connectivity index (χ1) is 9.36. The molecule has 0 saturated heterocycles. The van der Waals surface area contributed by atoms with Crippen LogP contribution in [0.1, 0.15) is 16.9 Å². The van der Waals surface area contributed by atoms with Crippen LogP contribution < -0.4 is 5.32 Å². The van der Waals surface area contributed by atoms with Gasteiger partial charge in [-0.2, -0.15) is 0 Å². The SMILES string of the molecule is Brc1ccsc1COCCCNCc1ccccc1. The molecule has 2 rings (SSSR count). The van der Waals surface area contributed by atoms with Gasteiger partial charge in [-0.25, -0.2) is 0 Å². The summed E-state index contributed by atoms with van der Waals surface area (Å²) in [7, 11) is 0. The molecule has 1 N–H and O–H groups in total. The Labute approximate surface area is 126 Å². The zero-order valence-corrected chi connectivity index (χ0v) is 13.2. The summed E-state index contributed by atoms with van der Waals surface area (Å²) in [6.45, 7) is 3.42. The van der Waals surface area contributed by atoms with Gasteiger partial charge in [0.1, 0.15) is 0 Å². The molecular weight excluding hydrogens is 322 g/mol. The van der Waals surface area contributed by atoms with Gasteiger partial charge in [-0.15, -0.1) is 11.3 Å². The molecule has 0 amide bonds. The molecule has 1 aromatic carbocycles. The Balaban J connectivity index is 1.50. The number of nitrogens with one attached hydrogen (secondary N) is 1. The minimum Gasteiger partial charge on any atom is -0.376 e. The molecule has 2 aromatic rings. The van der Waals surface area contributed by atoms with Crippen LogP contribution in [0.25, 0.3) is 0 Å². The van der Waals surface area contributed by atoms with Crippen molar-refractivity contribution >= 4 is 27.3 Å². The molecule has 0 aliphatic carbocycles. The van der Waals surface area contributed by atoms with Crippen LogP contribution in [-0.4, -0.2) is 13.2 Å². The topological polar surface area (TPSA) is 21.3 Å². The number of benzene rings is 1. The minimum atomic E-state index is 0.705. The van der Waals surface area contributed by atoms with Crippen molar-refractivity contribution in [2.45, 2.75) is 19.6 Å². The highest BCUT2D eigenvalue weighted by Gasteiger charge is 2.00. The Hall–Kier alpha value is -0.680. The second kappa shape index (κ2) is 8.48. The molecule has 0 saturated carbocycles. The summed E-state index contributed by atoms with van der Waals surface area (Å²) in [5, 5.41) is 5.49. The summed E-state index contributed by atoms with van der Waals surface area (Å²) >= 11 is 5.23. The van der Waals surface area contributed by atoms with E-state index in [2.05, 4.69) is 57.0 Å². The maximum atomic E-state index is 5.65. The van der Waals surface area contributed by atoms with E-state index in [-0.39, 0.29) is 0 Å².